The fourth-order valence-corrected chi connectivity index (χ4v) is 2.17. The van der Waals surface area contributed by atoms with E-state index in [2.05, 4.69) is 10.6 Å². The number of anilines is 1. The molecule has 0 saturated carbocycles. The van der Waals surface area contributed by atoms with Crippen LogP contribution in [0.2, 0.25) is 0 Å². The highest BCUT2D eigenvalue weighted by molar-refractivity contribution is 5.95. The van der Waals surface area contributed by atoms with Crippen molar-refractivity contribution in [3.63, 3.8) is 0 Å². The highest BCUT2D eigenvalue weighted by atomic mass is 19.1. The van der Waals surface area contributed by atoms with E-state index >= 15 is 0 Å². The Balaban J connectivity index is 1.88. The number of nitrogens with one attached hydrogen (secondary N) is 2. The van der Waals surface area contributed by atoms with Crippen LogP contribution >= 0.6 is 0 Å². The maximum absolute atomic E-state index is 13.5. The Kier molecular flexibility index (Phi) is 5.94. The van der Waals surface area contributed by atoms with Crippen LogP contribution in [0.4, 0.5) is 20.2 Å². The molecule has 0 fully saturated rings. The van der Waals surface area contributed by atoms with E-state index in [0.717, 1.165) is 12.1 Å². The quantitative estimate of drug-likeness (QED) is 0.608. The van der Waals surface area contributed by atoms with Gasteiger partial charge in [-0.2, -0.15) is 0 Å². The van der Waals surface area contributed by atoms with Crippen molar-refractivity contribution < 1.29 is 23.3 Å². The molecule has 0 aliphatic carbocycles. The second-order valence-corrected chi connectivity index (χ2v) is 5.44. The number of carbonyl (C=O) groups excluding carboxylic acids is 2. The molecule has 2 amide bonds. The first kappa shape index (κ1) is 19.0. The van der Waals surface area contributed by atoms with Crippen LogP contribution < -0.4 is 10.6 Å². The Morgan fingerprint density at radius 3 is 2.54 bits per heavy atom. The summed E-state index contributed by atoms with van der Waals surface area (Å²) in [5.41, 5.74) is 0.258. The van der Waals surface area contributed by atoms with Crippen molar-refractivity contribution in [2.24, 2.45) is 0 Å². The Morgan fingerprint density at radius 2 is 1.88 bits per heavy atom. The average Bonchev–Trinajstić information content (AvgIpc) is 2.56. The van der Waals surface area contributed by atoms with E-state index in [1.807, 2.05) is 0 Å². The molecular formula is C17H15F2N3O4. The van der Waals surface area contributed by atoms with Gasteiger partial charge in [-0.1, -0.05) is 6.07 Å². The van der Waals surface area contributed by atoms with Crippen LogP contribution in [0, 0.1) is 28.7 Å². The number of aryl methyl sites for hydroxylation is 1. The molecule has 26 heavy (non-hydrogen) atoms. The van der Waals surface area contributed by atoms with Crippen molar-refractivity contribution >= 4 is 23.2 Å². The number of nitrogens with zero attached hydrogens (tertiary/aromatic N) is 1. The predicted octanol–water partition coefficient (Wildman–Crippen LogP) is 2.94. The summed E-state index contributed by atoms with van der Waals surface area (Å²) in [7, 11) is 0. The van der Waals surface area contributed by atoms with Gasteiger partial charge in [-0.05, 0) is 25.1 Å². The number of hydrogen-bond donors (Lipinski definition) is 2. The number of carbonyl (C=O) groups is 2. The minimum Gasteiger partial charge on any atom is -0.351 e. The minimum absolute atomic E-state index is 0.0879. The highest BCUT2D eigenvalue weighted by Crippen LogP contribution is 2.22. The normalized spacial score (nSPS) is 10.3. The predicted molar refractivity (Wildman–Crippen MR) is 89.8 cm³/mol. The van der Waals surface area contributed by atoms with Crippen LogP contribution in [0.3, 0.4) is 0 Å². The van der Waals surface area contributed by atoms with E-state index < -0.39 is 28.4 Å². The standard InChI is InChI=1S/C17H15F2N3O4/c1-10-2-4-12(9-15(10)22(25)26)21-16(23)6-7-20-17(24)13-5-3-11(18)8-14(13)19/h2-5,8-9H,6-7H2,1H3,(H,20,24)(H,21,23). The third-order valence-electron chi connectivity index (χ3n) is 3.50. The summed E-state index contributed by atoms with van der Waals surface area (Å²) in [5, 5.41) is 15.7. The van der Waals surface area contributed by atoms with Gasteiger partial charge < -0.3 is 10.6 Å². The van der Waals surface area contributed by atoms with Gasteiger partial charge in [0.1, 0.15) is 11.6 Å². The molecule has 0 radical (unpaired) electrons. The summed E-state index contributed by atoms with van der Waals surface area (Å²) in [6.07, 6.45) is -0.129. The van der Waals surface area contributed by atoms with Crippen molar-refractivity contribution in [2.45, 2.75) is 13.3 Å². The first-order chi connectivity index (χ1) is 12.3. The highest BCUT2D eigenvalue weighted by Gasteiger charge is 2.14. The Morgan fingerprint density at radius 1 is 1.15 bits per heavy atom. The Bertz CT molecular complexity index is 871. The Labute approximate surface area is 147 Å². The smallest absolute Gasteiger partial charge is 0.274 e. The van der Waals surface area contributed by atoms with Gasteiger partial charge in [0, 0.05) is 36.3 Å². The van der Waals surface area contributed by atoms with E-state index in [9.17, 15) is 28.5 Å². The summed E-state index contributed by atoms with van der Waals surface area (Å²) in [5.74, 6) is -3.06. The molecule has 2 aromatic carbocycles. The van der Waals surface area contributed by atoms with Gasteiger partial charge in [0.05, 0.1) is 10.5 Å². The molecule has 0 atom stereocenters. The number of halogens is 2. The number of amides is 2. The van der Waals surface area contributed by atoms with Crippen LogP contribution in [0.5, 0.6) is 0 Å². The van der Waals surface area contributed by atoms with Crippen LogP contribution in [-0.4, -0.2) is 23.3 Å². The van der Waals surface area contributed by atoms with Crippen LogP contribution in [0.1, 0.15) is 22.3 Å². The summed E-state index contributed by atoms with van der Waals surface area (Å²) < 4.78 is 26.3. The molecular weight excluding hydrogens is 348 g/mol. The summed E-state index contributed by atoms with van der Waals surface area (Å²) >= 11 is 0. The molecule has 136 valence electrons. The molecule has 0 bridgehead atoms. The zero-order valence-electron chi connectivity index (χ0n) is 13.7. The third-order valence-corrected chi connectivity index (χ3v) is 3.50. The largest absolute Gasteiger partial charge is 0.351 e. The van der Waals surface area contributed by atoms with Gasteiger partial charge in [-0.25, -0.2) is 8.78 Å². The van der Waals surface area contributed by atoms with Crippen LogP contribution in [0.25, 0.3) is 0 Å². The molecule has 2 N–H and O–H groups in total. The van der Waals surface area contributed by atoms with Crippen molar-refractivity contribution in [3.8, 4) is 0 Å². The van der Waals surface area contributed by atoms with Crippen molar-refractivity contribution in [2.75, 3.05) is 11.9 Å². The molecule has 0 unspecified atom stereocenters. The molecule has 2 aromatic rings. The van der Waals surface area contributed by atoms with Crippen LogP contribution in [-0.2, 0) is 4.79 Å². The molecule has 7 nitrogen and oxygen atoms in total. The lowest BCUT2D eigenvalue weighted by molar-refractivity contribution is -0.385. The zero-order valence-corrected chi connectivity index (χ0v) is 13.7. The van der Waals surface area contributed by atoms with Gasteiger partial charge in [-0.3, -0.25) is 19.7 Å². The SMILES string of the molecule is Cc1ccc(NC(=O)CCNC(=O)c2ccc(F)cc2F)cc1[N+](=O)[O-]. The van der Waals surface area contributed by atoms with Crippen molar-refractivity contribution in [1.29, 1.82) is 0 Å². The number of hydrogen-bond acceptors (Lipinski definition) is 4. The summed E-state index contributed by atoms with van der Waals surface area (Å²) in [4.78, 5) is 34.0. The molecule has 2 rings (SSSR count). The first-order valence-corrected chi connectivity index (χ1v) is 7.56. The van der Waals surface area contributed by atoms with E-state index in [1.54, 1.807) is 6.92 Å². The Hall–Kier alpha value is -3.36. The lowest BCUT2D eigenvalue weighted by Gasteiger charge is -2.08. The second kappa shape index (κ2) is 8.15. The summed E-state index contributed by atoms with van der Waals surface area (Å²) in [6.45, 7) is 1.49. The molecule has 0 saturated heterocycles. The average molecular weight is 363 g/mol. The maximum atomic E-state index is 13.5. The van der Waals surface area contributed by atoms with E-state index in [4.69, 9.17) is 0 Å². The fourth-order valence-electron chi connectivity index (χ4n) is 2.17. The van der Waals surface area contributed by atoms with E-state index in [1.165, 1.54) is 18.2 Å². The van der Waals surface area contributed by atoms with Crippen molar-refractivity contribution in [3.05, 3.63) is 69.3 Å². The first-order valence-electron chi connectivity index (χ1n) is 7.56. The third kappa shape index (κ3) is 4.82. The molecule has 0 aromatic heterocycles. The molecule has 0 spiro atoms. The molecule has 0 aliphatic rings. The number of benzene rings is 2. The number of nitro benzene ring substituents is 1. The van der Waals surface area contributed by atoms with Crippen molar-refractivity contribution in [1.82, 2.24) is 5.32 Å². The molecule has 9 heteroatoms. The van der Waals surface area contributed by atoms with Gasteiger partial charge in [0.2, 0.25) is 5.91 Å². The second-order valence-electron chi connectivity index (χ2n) is 5.44. The number of nitro groups is 1. The van der Waals surface area contributed by atoms with Gasteiger partial charge in [0.15, 0.2) is 0 Å². The number of rotatable bonds is 6. The van der Waals surface area contributed by atoms with Gasteiger partial charge >= 0.3 is 0 Å². The van der Waals surface area contributed by atoms with Crippen LogP contribution in [0.15, 0.2) is 36.4 Å². The van der Waals surface area contributed by atoms with Gasteiger partial charge in [-0.15, -0.1) is 0 Å². The topological polar surface area (TPSA) is 101 Å². The van der Waals surface area contributed by atoms with E-state index in [0.29, 0.717) is 11.6 Å². The molecule has 0 heterocycles. The van der Waals surface area contributed by atoms with Gasteiger partial charge in [0.25, 0.3) is 11.6 Å². The summed E-state index contributed by atoms with van der Waals surface area (Å²) in [6, 6.07) is 6.81. The lowest BCUT2D eigenvalue weighted by atomic mass is 10.2. The monoisotopic (exact) mass is 363 g/mol. The maximum Gasteiger partial charge on any atom is 0.274 e. The zero-order chi connectivity index (χ0) is 19.3. The fraction of sp³-hybridized carbons (Fsp3) is 0.176. The lowest BCUT2D eigenvalue weighted by Crippen LogP contribution is -2.28. The van der Waals surface area contributed by atoms with E-state index in [-0.39, 0.29) is 29.9 Å². The minimum atomic E-state index is -1.00. The molecule has 0 aliphatic heterocycles.